The molecule has 0 N–H and O–H groups in total. The fourth-order valence-electron chi connectivity index (χ4n) is 8.54. The number of rotatable bonds is 17. The van der Waals surface area contributed by atoms with Crippen molar-refractivity contribution in [2.24, 2.45) is 0 Å². The van der Waals surface area contributed by atoms with Crippen molar-refractivity contribution >= 4 is 98.5 Å². The maximum absolute atomic E-state index is 2.50. The Labute approximate surface area is 402 Å². The summed E-state index contributed by atoms with van der Waals surface area (Å²) in [6, 6.07) is 98.7. The predicted molar refractivity (Wildman–Crippen MR) is 287 cm³/mol. The summed E-state index contributed by atoms with van der Waals surface area (Å²) in [6.45, 7) is 0. The SMILES string of the molecule is [Mo].c1ccc([Si](c2ccccc2P(CCP(c2ccccc2)c2ccccc2)c2ccccc2)c2ccccc2P(CCP(c2ccccc2)c2ccccc2)c2ccccc2)cc1. The molecular formula is C58H51MoP4Si. The second-order valence-corrected chi connectivity index (χ2v) is 27.1. The molecule has 0 bridgehead atoms. The Kier molecular flexibility index (Phi) is 17.1. The van der Waals surface area contributed by atoms with Gasteiger partial charge in [-0.3, -0.25) is 0 Å². The fraction of sp³-hybridized carbons (Fsp3) is 0.0690. The monoisotopic (exact) mass is 997 g/mol. The van der Waals surface area contributed by atoms with Crippen LogP contribution in [-0.2, 0) is 21.1 Å². The van der Waals surface area contributed by atoms with E-state index in [1.807, 2.05) is 0 Å². The molecule has 0 heterocycles. The minimum Gasteiger partial charge on any atom is -0.0624 e. The van der Waals surface area contributed by atoms with Gasteiger partial charge in [0.1, 0.15) is 0 Å². The summed E-state index contributed by atoms with van der Waals surface area (Å²) < 4.78 is 0. The van der Waals surface area contributed by atoms with Crippen LogP contribution in [0.2, 0.25) is 0 Å². The molecule has 9 rings (SSSR count). The molecule has 0 saturated carbocycles. The summed E-state index contributed by atoms with van der Waals surface area (Å²) in [4.78, 5) is 0. The van der Waals surface area contributed by atoms with E-state index in [0.717, 1.165) is 24.6 Å². The van der Waals surface area contributed by atoms with Gasteiger partial charge in [-0.25, -0.2) is 0 Å². The molecule has 9 aromatic carbocycles. The second kappa shape index (κ2) is 23.7. The third-order valence-electron chi connectivity index (χ3n) is 11.5. The Morgan fingerprint density at radius 2 is 0.453 bits per heavy atom. The molecule has 0 aromatic heterocycles. The van der Waals surface area contributed by atoms with E-state index < -0.39 is 40.5 Å². The zero-order chi connectivity index (χ0) is 42.5. The van der Waals surface area contributed by atoms with Crippen molar-refractivity contribution in [1.29, 1.82) is 0 Å². The van der Waals surface area contributed by atoms with E-state index in [1.165, 1.54) is 58.0 Å². The van der Waals surface area contributed by atoms with Gasteiger partial charge < -0.3 is 0 Å². The van der Waals surface area contributed by atoms with Crippen molar-refractivity contribution in [2.45, 2.75) is 0 Å². The molecule has 1 radical (unpaired) electrons. The van der Waals surface area contributed by atoms with Crippen LogP contribution < -0.4 is 58.0 Å². The topological polar surface area (TPSA) is 0 Å². The minimum absolute atomic E-state index is 0. The molecule has 0 aliphatic carbocycles. The first-order valence-electron chi connectivity index (χ1n) is 21.8. The Balaban J connectivity index is 0.00000560. The van der Waals surface area contributed by atoms with Gasteiger partial charge >= 0.3 is 0 Å². The number of benzene rings is 9. The molecule has 2 unspecified atom stereocenters. The van der Waals surface area contributed by atoms with E-state index in [2.05, 4.69) is 261 Å². The molecular weight excluding hydrogens is 945 g/mol. The maximum Gasteiger partial charge on any atom is 0.156 e. The Hall–Kier alpha value is -4.39. The van der Waals surface area contributed by atoms with Crippen molar-refractivity contribution in [3.63, 3.8) is 0 Å². The summed E-state index contributed by atoms with van der Waals surface area (Å²) in [6.07, 6.45) is 4.51. The van der Waals surface area contributed by atoms with Crippen LogP contribution in [0.25, 0.3) is 0 Å². The van der Waals surface area contributed by atoms with Crippen LogP contribution in [0.3, 0.4) is 0 Å². The third-order valence-corrected chi connectivity index (χ3v) is 25.6. The molecule has 6 heteroatoms. The Morgan fingerprint density at radius 1 is 0.234 bits per heavy atom. The number of hydrogen-bond acceptors (Lipinski definition) is 0. The van der Waals surface area contributed by atoms with Crippen LogP contribution in [0.5, 0.6) is 0 Å². The summed E-state index contributed by atoms with van der Waals surface area (Å²) in [7, 11) is -3.91. The van der Waals surface area contributed by atoms with Gasteiger partial charge in [0.2, 0.25) is 0 Å². The standard InChI is InChI=1S/C58H51P4Si.Mo/c1-8-26-48(27-9-1)59(49-28-10-2-11-29-49)44-46-61(52-34-16-5-17-35-52)55-40-22-24-42-57(55)63(54-38-20-7-21-39-54)58-43-25-23-41-56(58)62(53-36-18-6-19-37-53)47-45-60(50-30-12-3-13-31-50)51-32-14-4-15-33-51;/h1-43H,44-47H2;. The van der Waals surface area contributed by atoms with E-state index >= 15 is 0 Å². The van der Waals surface area contributed by atoms with Gasteiger partial charge in [0.05, 0.1) is 0 Å². The van der Waals surface area contributed by atoms with Crippen molar-refractivity contribution in [1.82, 2.24) is 0 Å². The molecule has 313 valence electrons. The third kappa shape index (κ3) is 11.3. The Morgan fingerprint density at radius 3 is 0.750 bits per heavy atom. The van der Waals surface area contributed by atoms with Gasteiger partial charge in [-0.2, -0.15) is 0 Å². The van der Waals surface area contributed by atoms with Gasteiger partial charge in [0, 0.05) is 21.1 Å². The van der Waals surface area contributed by atoms with Gasteiger partial charge in [-0.1, -0.05) is 266 Å². The smallest absolute Gasteiger partial charge is 0.0624 e. The summed E-state index contributed by atoms with van der Waals surface area (Å²) in [5.41, 5.74) is 0. The largest absolute Gasteiger partial charge is 0.156 e. The molecule has 64 heavy (non-hydrogen) atoms. The van der Waals surface area contributed by atoms with E-state index in [1.54, 1.807) is 0 Å². The van der Waals surface area contributed by atoms with Crippen LogP contribution >= 0.6 is 31.7 Å². The first-order valence-corrected chi connectivity index (χ1v) is 29.4. The van der Waals surface area contributed by atoms with Crippen LogP contribution in [0.15, 0.2) is 261 Å². The van der Waals surface area contributed by atoms with Crippen molar-refractivity contribution < 1.29 is 21.1 Å². The molecule has 0 nitrogen and oxygen atoms in total. The zero-order valence-electron chi connectivity index (χ0n) is 35.9. The van der Waals surface area contributed by atoms with Crippen molar-refractivity contribution in [3.8, 4) is 0 Å². The molecule has 0 fully saturated rings. The summed E-state index contributed by atoms with van der Waals surface area (Å²) in [5, 5.41) is 16.3. The minimum atomic E-state index is -1.48. The molecule has 0 amide bonds. The molecule has 2 atom stereocenters. The zero-order valence-corrected chi connectivity index (χ0v) is 42.4. The fourth-order valence-corrected chi connectivity index (χ4v) is 23.5. The van der Waals surface area contributed by atoms with E-state index in [0.29, 0.717) is 0 Å². The molecule has 0 saturated heterocycles. The van der Waals surface area contributed by atoms with E-state index in [4.69, 9.17) is 0 Å². The van der Waals surface area contributed by atoms with Crippen molar-refractivity contribution in [2.75, 3.05) is 24.6 Å². The second-order valence-electron chi connectivity index (χ2n) is 15.4. The summed E-state index contributed by atoms with van der Waals surface area (Å²) in [5.74, 6) is 0. The molecule has 0 aliphatic heterocycles. The average molecular weight is 996 g/mol. The molecule has 9 aromatic rings. The van der Waals surface area contributed by atoms with E-state index in [9.17, 15) is 0 Å². The van der Waals surface area contributed by atoms with Crippen LogP contribution in [-0.4, -0.2) is 33.4 Å². The quantitative estimate of drug-likeness (QED) is 0.0485. The van der Waals surface area contributed by atoms with Gasteiger partial charge in [0.15, 0.2) is 8.80 Å². The van der Waals surface area contributed by atoms with Crippen LogP contribution in [0.1, 0.15) is 0 Å². The van der Waals surface area contributed by atoms with Gasteiger partial charge in [-0.15, -0.1) is 0 Å². The normalized spacial score (nSPS) is 12.2. The van der Waals surface area contributed by atoms with E-state index in [-0.39, 0.29) is 21.1 Å². The average Bonchev–Trinajstić information content (AvgIpc) is 3.37. The first-order chi connectivity index (χ1) is 31.3. The maximum atomic E-state index is 2.50. The Bertz CT molecular complexity index is 2490. The predicted octanol–water partition coefficient (Wildman–Crippen LogP) is 9.33. The molecule has 0 aliphatic rings. The first kappa shape index (κ1) is 46.1. The van der Waals surface area contributed by atoms with Crippen LogP contribution in [0.4, 0.5) is 0 Å². The van der Waals surface area contributed by atoms with Crippen LogP contribution in [0, 0.1) is 0 Å². The number of hydrogen-bond donors (Lipinski definition) is 0. The van der Waals surface area contributed by atoms with Gasteiger partial charge in [0.25, 0.3) is 0 Å². The van der Waals surface area contributed by atoms with Gasteiger partial charge in [-0.05, 0) is 109 Å². The molecule has 0 spiro atoms. The van der Waals surface area contributed by atoms with Crippen molar-refractivity contribution in [3.05, 3.63) is 261 Å². The summed E-state index contributed by atoms with van der Waals surface area (Å²) >= 11 is 0.